The van der Waals surface area contributed by atoms with Gasteiger partial charge < -0.3 is 9.30 Å². The molecule has 0 aliphatic heterocycles. The third-order valence-corrected chi connectivity index (χ3v) is 1.87. The lowest BCUT2D eigenvalue weighted by molar-refractivity contribution is -0.139. The molecule has 0 radical (unpaired) electrons. The number of imidazole rings is 1. The van der Waals surface area contributed by atoms with Crippen LogP contribution in [0.3, 0.4) is 0 Å². The van der Waals surface area contributed by atoms with Crippen molar-refractivity contribution in [3.8, 4) is 0 Å². The van der Waals surface area contributed by atoms with E-state index in [-0.39, 0.29) is 12.4 Å². The highest BCUT2D eigenvalue weighted by Gasteiger charge is 2.07. The lowest BCUT2D eigenvalue weighted by Gasteiger charge is -2.01. The summed E-state index contributed by atoms with van der Waals surface area (Å²) in [5, 5.41) is 0. The van der Waals surface area contributed by atoms with Crippen LogP contribution in [0.1, 0.15) is 11.5 Å². The zero-order valence-electron chi connectivity index (χ0n) is 7.50. The minimum absolute atomic E-state index is 0.238. The first-order valence-electron chi connectivity index (χ1n) is 3.69. The number of hydrogen-bond acceptors (Lipinski definition) is 3. The summed E-state index contributed by atoms with van der Waals surface area (Å²) in [6.07, 6.45) is 1.97. The predicted octanol–water partition coefficient (Wildman–Crippen LogP) is 0.444. The number of methoxy groups -OCH3 is 1. The van der Waals surface area contributed by atoms with Gasteiger partial charge in [0.2, 0.25) is 0 Å². The Morgan fingerprint density at radius 2 is 2.42 bits per heavy atom. The fourth-order valence-corrected chi connectivity index (χ4v) is 0.933. The van der Waals surface area contributed by atoms with Gasteiger partial charge in [-0.1, -0.05) is 0 Å². The maximum absolute atomic E-state index is 10.9. The Morgan fingerprint density at radius 1 is 1.75 bits per heavy atom. The maximum atomic E-state index is 10.9. The normalized spacial score (nSPS) is 9.92. The second-order valence-electron chi connectivity index (χ2n) is 2.61. The summed E-state index contributed by atoms with van der Waals surface area (Å²) in [5.41, 5.74) is 0.874. The van der Waals surface area contributed by atoms with Crippen LogP contribution in [0, 0.1) is 6.92 Å². The van der Waals surface area contributed by atoms with Crippen LogP contribution in [-0.4, -0.2) is 22.6 Å². The van der Waals surface area contributed by atoms with E-state index in [9.17, 15) is 4.79 Å². The first-order valence-corrected chi connectivity index (χ1v) is 3.69. The molecule has 66 valence electrons. The van der Waals surface area contributed by atoms with Crippen molar-refractivity contribution in [3.63, 3.8) is 0 Å². The number of aryl methyl sites for hydroxylation is 1. The summed E-state index contributed by atoms with van der Waals surface area (Å²) in [7, 11) is 3.26. The molecule has 0 spiro atoms. The van der Waals surface area contributed by atoms with Crippen molar-refractivity contribution in [2.45, 2.75) is 13.3 Å². The number of hydrogen-bond donors (Lipinski definition) is 0. The number of nitrogens with zero attached hydrogens (tertiary/aromatic N) is 2. The van der Waals surface area contributed by atoms with Crippen molar-refractivity contribution < 1.29 is 9.53 Å². The van der Waals surface area contributed by atoms with E-state index in [1.807, 2.05) is 18.5 Å². The molecular formula is C8H12N2O2. The van der Waals surface area contributed by atoms with Crippen molar-refractivity contribution >= 4 is 5.97 Å². The molecule has 0 unspecified atom stereocenters. The summed E-state index contributed by atoms with van der Waals surface area (Å²) in [6, 6.07) is 0. The van der Waals surface area contributed by atoms with E-state index in [2.05, 4.69) is 9.72 Å². The highest BCUT2D eigenvalue weighted by atomic mass is 16.5. The third-order valence-electron chi connectivity index (χ3n) is 1.87. The second-order valence-corrected chi connectivity index (χ2v) is 2.61. The Labute approximate surface area is 71.2 Å². The van der Waals surface area contributed by atoms with Crippen LogP contribution in [0.25, 0.3) is 0 Å². The van der Waals surface area contributed by atoms with E-state index in [0.717, 1.165) is 11.5 Å². The number of aromatic nitrogens is 2. The predicted molar refractivity (Wildman–Crippen MR) is 43.7 cm³/mol. The molecule has 1 rings (SSSR count). The molecular weight excluding hydrogens is 156 g/mol. The summed E-state index contributed by atoms with van der Waals surface area (Å²) in [4.78, 5) is 14.9. The first-order chi connectivity index (χ1) is 5.65. The van der Waals surface area contributed by atoms with E-state index in [1.165, 1.54) is 7.11 Å². The molecule has 12 heavy (non-hydrogen) atoms. The molecule has 4 nitrogen and oxygen atoms in total. The van der Waals surface area contributed by atoms with Crippen LogP contribution in [0.4, 0.5) is 0 Å². The lowest BCUT2D eigenvalue weighted by Crippen LogP contribution is -2.08. The van der Waals surface area contributed by atoms with Crippen molar-refractivity contribution in [1.29, 1.82) is 0 Å². The molecule has 0 saturated carbocycles. The van der Waals surface area contributed by atoms with Crippen molar-refractivity contribution in [2.24, 2.45) is 7.05 Å². The second kappa shape index (κ2) is 3.38. The van der Waals surface area contributed by atoms with Gasteiger partial charge in [0, 0.05) is 18.9 Å². The summed E-state index contributed by atoms with van der Waals surface area (Å²) in [5.74, 6) is 0.659. The fourth-order valence-electron chi connectivity index (χ4n) is 0.933. The van der Waals surface area contributed by atoms with Crippen LogP contribution < -0.4 is 0 Å². The fraction of sp³-hybridized carbons (Fsp3) is 0.500. The van der Waals surface area contributed by atoms with Crippen LogP contribution >= 0.6 is 0 Å². The maximum Gasteiger partial charge on any atom is 0.311 e. The molecule has 4 heteroatoms. The molecule has 1 aromatic heterocycles. The van der Waals surface area contributed by atoms with Crippen LogP contribution in [0.2, 0.25) is 0 Å². The molecule has 0 aliphatic carbocycles. The smallest absolute Gasteiger partial charge is 0.311 e. The zero-order valence-corrected chi connectivity index (χ0v) is 7.50. The van der Waals surface area contributed by atoms with Crippen molar-refractivity contribution in [2.75, 3.05) is 7.11 Å². The molecule has 1 heterocycles. The summed E-state index contributed by atoms with van der Waals surface area (Å²) in [6.45, 7) is 1.89. The van der Waals surface area contributed by atoms with Crippen LogP contribution in [0.5, 0.6) is 0 Å². The Balaban J connectivity index is 2.76. The lowest BCUT2D eigenvalue weighted by atomic mass is 10.3. The number of esters is 1. The highest BCUT2D eigenvalue weighted by Crippen LogP contribution is 2.02. The monoisotopic (exact) mass is 168 g/mol. The number of carbonyl (C=O) groups excluding carboxylic acids is 1. The molecule has 0 N–H and O–H groups in total. The minimum atomic E-state index is -0.238. The number of ether oxygens (including phenoxy) is 1. The molecule has 0 fully saturated rings. The quantitative estimate of drug-likeness (QED) is 0.602. The molecule has 0 amide bonds. The Hall–Kier alpha value is -1.32. The van der Waals surface area contributed by atoms with Gasteiger partial charge in [-0.2, -0.15) is 0 Å². The van der Waals surface area contributed by atoms with Crippen molar-refractivity contribution in [3.05, 3.63) is 17.7 Å². The van der Waals surface area contributed by atoms with Crippen LogP contribution in [0.15, 0.2) is 6.20 Å². The van der Waals surface area contributed by atoms with Gasteiger partial charge in [0.25, 0.3) is 0 Å². The molecule has 1 aromatic rings. The molecule has 0 aromatic carbocycles. The van der Waals surface area contributed by atoms with Gasteiger partial charge in [-0.15, -0.1) is 0 Å². The molecule has 0 saturated heterocycles. The van der Waals surface area contributed by atoms with Gasteiger partial charge in [-0.25, -0.2) is 4.98 Å². The summed E-state index contributed by atoms with van der Waals surface area (Å²) >= 11 is 0. The Morgan fingerprint density at radius 3 is 2.83 bits per heavy atom. The average molecular weight is 168 g/mol. The van der Waals surface area contributed by atoms with E-state index in [4.69, 9.17) is 0 Å². The zero-order chi connectivity index (χ0) is 9.14. The van der Waals surface area contributed by atoms with Crippen molar-refractivity contribution in [1.82, 2.24) is 9.55 Å². The Kier molecular flexibility index (Phi) is 2.47. The molecule has 0 aliphatic rings. The van der Waals surface area contributed by atoms with Gasteiger partial charge in [-0.05, 0) is 6.92 Å². The van der Waals surface area contributed by atoms with E-state index >= 15 is 0 Å². The van der Waals surface area contributed by atoms with Gasteiger partial charge in [0.05, 0.1) is 13.5 Å². The molecule has 0 bridgehead atoms. The SMILES string of the molecule is COC(=O)Cc1cnc(C)n1C. The summed E-state index contributed by atoms with van der Waals surface area (Å²) < 4.78 is 6.41. The average Bonchev–Trinajstić information content (AvgIpc) is 2.36. The standard InChI is InChI=1S/C8H12N2O2/c1-6-9-5-7(10(6)2)4-8(11)12-3/h5H,4H2,1-3H3. The largest absolute Gasteiger partial charge is 0.469 e. The molecule has 0 atom stereocenters. The topological polar surface area (TPSA) is 44.1 Å². The van der Waals surface area contributed by atoms with Gasteiger partial charge in [0.1, 0.15) is 5.82 Å². The van der Waals surface area contributed by atoms with E-state index < -0.39 is 0 Å². The Bertz CT molecular complexity index is 291. The number of carbonyl (C=O) groups is 1. The van der Waals surface area contributed by atoms with E-state index in [1.54, 1.807) is 6.20 Å². The van der Waals surface area contributed by atoms with Gasteiger partial charge in [-0.3, -0.25) is 4.79 Å². The van der Waals surface area contributed by atoms with Gasteiger partial charge >= 0.3 is 5.97 Å². The highest BCUT2D eigenvalue weighted by molar-refractivity contribution is 5.71. The number of rotatable bonds is 2. The minimum Gasteiger partial charge on any atom is -0.469 e. The van der Waals surface area contributed by atoms with E-state index in [0.29, 0.717) is 0 Å². The van der Waals surface area contributed by atoms with Crippen LogP contribution in [-0.2, 0) is 23.0 Å². The van der Waals surface area contributed by atoms with Gasteiger partial charge in [0.15, 0.2) is 0 Å². The first kappa shape index (κ1) is 8.77. The third kappa shape index (κ3) is 1.64.